The number of benzene rings is 1. The summed E-state index contributed by atoms with van der Waals surface area (Å²) in [4.78, 5) is 12.5. The van der Waals surface area contributed by atoms with Crippen molar-refractivity contribution in [2.24, 2.45) is 0 Å². The minimum Gasteiger partial charge on any atom is -0.490 e. The Balaban J connectivity index is 2.09. The van der Waals surface area contributed by atoms with Crippen molar-refractivity contribution in [1.82, 2.24) is 0 Å². The van der Waals surface area contributed by atoms with Crippen LogP contribution in [0.5, 0.6) is 11.5 Å². The highest BCUT2D eigenvalue weighted by Gasteiger charge is 2.11. The maximum Gasteiger partial charge on any atom is 0.210 e. The molecule has 0 saturated carbocycles. The van der Waals surface area contributed by atoms with E-state index in [2.05, 4.69) is 0 Å². The Kier molecular flexibility index (Phi) is 4.75. The van der Waals surface area contributed by atoms with Crippen LogP contribution >= 0.6 is 11.3 Å². The van der Waals surface area contributed by atoms with Gasteiger partial charge in [0.15, 0.2) is 18.1 Å². The van der Waals surface area contributed by atoms with Crippen LogP contribution < -0.4 is 9.47 Å². The number of ether oxygens (including phenoxy) is 2. The topological polar surface area (TPSA) is 59.3 Å². The molecule has 0 bridgehead atoms. The first-order chi connectivity index (χ1) is 9.74. The molecule has 5 heteroatoms. The summed E-state index contributed by atoms with van der Waals surface area (Å²) in [5.41, 5.74) is 0.491. The van der Waals surface area contributed by atoms with E-state index in [1.807, 2.05) is 24.4 Å². The van der Waals surface area contributed by atoms with Crippen LogP contribution in [0.3, 0.4) is 0 Å². The molecule has 0 spiro atoms. The summed E-state index contributed by atoms with van der Waals surface area (Å²) < 4.78 is 10.9. The first-order valence-corrected chi connectivity index (χ1v) is 6.99. The fourth-order valence-electron chi connectivity index (χ4n) is 1.62. The van der Waals surface area contributed by atoms with Crippen LogP contribution in [0.4, 0.5) is 0 Å². The van der Waals surface area contributed by atoms with E-state index in [-0.39, 0.29) is 12.4 Å². The van der Waals surface area contributed by atoms with Crippen LogP contribution in [0, 0.1) is 11.3 Å². The molecule has 0 aliphatic heterocycles. The second kappa shape index (κ2) is 6.73. The van der Waals surface area contributed by atoms with Gasteiger partial charge < -0.3 is 9.47 Å². The van der Waals surface area contributed by atoms with Gasteiger partial charge >= 0.3 is 0 Å². The number of hydrogen-bond donors (Lipinski definition) is 0. The van der Waals surface area contributed by atoms with Gasteiger partial charge in [0.2, 0.25) is 5.78 Å². The zero-order valence-corrected chi connectivity index (χ0v) is 11.8. The van der Waals surface area contributed by atoms with E-state index in [1.54, 1.807) is 24.3 Å². The van der Waals surface area contributed by atoms with Crippen LogP contribution in [0.2, 0.25) is 0 Å². The van der Waals surface area contributed by atoms with E-state index in [0.717, 1.165) is 0 Å². The van der Waals surface area contributed by atoms with Crippen LogP contribution in [-0.4, -0.2) is 19.0 Å². The average molecular weight is 287 g/mol. The van der Waals surface area contributed by atoms with Crippen molar-refractivity contribution in [3.05, 3.63) is 46.2 Å². The van der Waals surface area contributed by atoms with Gasteiger partial charge in [0.05, 0.1) is 23.1 Å². The molecule has 1 heterocycles. The molecule has 0 radical (unpaired) electrons. The van der Waals surface area contributed by atoms with Gasteiger partial charge in [0.25, 0.3) is 0 Å². The first kappa shape index (κ1) is 14.1. The third-order valence-corrected chi connectivity index (χ3v) is 3.44. The lowest BCUT2D eigenvalue weighted by atomic mass is 10.2. The van der Waals surface area contributed by atoms with Gasteiger partial charge in [0.1, 0.15) is 0 Å². The molecule has 1 aromatic carbocycles. The number of carbonyl (C=O) groups is 1. The zero-order chi connectivity index (χ0) is 14.4. The SMILES string of the molecule is CCOc1cc(C#N)ccc1OCC(=O)c1cccs1. The van der Waals surface area contributed by atoms with Crippen molar-refractivity contribution in [3.63, 3.8) is 0 Å². The van der Waals surface area contributed by atoms with Gasteiger partial charge in [-0.15, -0.1) is 11.3 Å². The van der Waals surface area contributed by atoms with Crippen LogP contribution in [-0.2, 0) is 0 Å². The fourth-order valence-corrected chi connectivity index (χ4v) is 2.27. The van der Waals surface area contributed by atoms with Crippen molar-refractivity contribution >= 4 is 17.1 Å². The Labute approximate surface area is 121 Å². The summed E-state index contributed by atoms with van der Waals surface area (Å²) in [6.45, 7) is 2.26. The van der Waals surface area contributed by atoms with E-state index in [4.69, 9.17) is 14.7 Å². The molecule has 2 aromatic rings. The lowest BCUT2D eigenvalue weighted by Gasteiger charge is -2.11. The Morgan fingerprint density at radius 1 is 1.30 bits per heavy atom. The molecule has 4 nitrogen and oxygen atoms in total. The first-order valence-electron chi connectivity index (χ1n) is 6.11. The summed E-state index contributed by atoms with van der Waals surface area (Å²) in [6, 6.07) is 10.5. The van der Waals surface area contributed by atoms with Gasteiger partial charge in [-0.1, -0.05) is 6.07 Å². The molecule has 102 valence electrons. The highest BCUT2D eigenvalue weighted by atomic mass is 32.1. The summed E-state index contributed by atoms with van der Waals surface area (Å²) >= 11 is 1.38. The molecule has 0 saturated heterocycles. The molecule has 0 aliphatic rings. The summed E-state index contributed by atoms with van der Waals surface area (Å²) in [5.74, 6) is 0.869. The van der Waals surface area contributed by atoms with E-state index >= 15 is 0 Å². The molecule has 0 amide bonds. The number of carbonyl (C=O) groups excluding carboxylic acids is 1. The maximum atomic E-state index is 11.9. The smallest absolute Gasteiger partial charge is 0.210 e. The standard InChI is InChI=1S/C15H13NO3S/c1-2-18-14-8-11(9-16)5-6-13(14)19-10-12(17)15-4-3-7-20-15/h3-8H,2,10H2,1H3. The number of Topliss-reactive ketones (excluding diaryl/α,β-unsaturated/α-hetero) is 1. The monoisotopic (exact) mass is 287 g/mol. The highest BCUT2D eigenvalue weighted by Crippen LogP contribution is 2.28. The van der Waals surface area contributed by atoms with Crippen molar-refractivity contribution in [2.75, 3.05) is 13.2 Å². The number of ketones is 1. The van der Waals surface area contributed by atoms with E-state index in [1.165, 1.54) is 11.3 Å². The van der Waals surface area contributed by atoms with Crippen LogP contribution in [0.1, 0.15) is 22.2 Å². The molecule has 0 aliphatic carbocycles. The van der Waals surface area contributed by atoms with Crippen LogP contribution in [0.15, 0.2) is 35.7 Å². The van der Waals surface area contributed by atoms with E-state index in [0.29, 0.717) is 28.5 Å². The predicted molar refractivity (Wildman–Crippen MR) is 76.5 cm³/mol. The predicted octanol–water partition coefficient (Wildman–Crippen LogP) is 3.28. The van der Waals surface area contributed by atoms with Crippen molar-refractivity contribution in [3.8, 4) is 17.6 Å². The average Bonchev–Trinajstić information content (AvgIpc) is 3.00. The quantitative estimate of drug-likeness (QED) is 0.765. The molecule has 0 N–H and O–H groups in total. The highest BCUT2D eigenvalue weighted by molar-refractivity contribution is 7.12. The maximum absolute atomic E-state index is 11.9. The molecule has 20 heavy (non-hydrogen) atoms. The Morgan fingerprint density at radius 3 is 2.80 bits per heavy atom. The molecular weight excluding hydrogens is 274 g/mol. The summed E-state index contributed by atoms with van der Waals surface area (Å²) in [7, 11) is 0. The lowest BCUT2D eigenvalue weighted by molar-refractivity contribution is 0.0923. The Bertz CT molecular complexity index is 629. The normalized spacial score (nSPS) is 9.80. The summed E-state index contributed by atoms with van der Waals surface area (Å²) in [5, 5.41) is 10.7. The Morgan fingerprint density at radius 2 is 2.15 bits per heavy atom. The van der Waals surface area contributed by atoms with Crippen molar-refractivity contribution in [1.29, 1.82) is 5.26 Å². The number of nitrogens with zero attached hydrogens (tertiary/aromatic N) is 1. The second-order valence-electron chi connectivity index (χ2n) is 3.90. The zero-order valence-electron chi connectivity index (χ0n) is 11.0. The lowest BCUT2D eigenvalue weighted by Crippen LogP contribution is -2.11. The van der Waals surface area contributed by atoms with Gasteiger partial charge in [-0.05, 0) is 30.5 Å². The molecule has 0 fully saturated rings. The minimum atomic E-state index is -0.0770. The van der Waals surface area contributed by atoms with Gasteiger partial charge in [-0.2, -0.15) is 5.26 Å². The van der Waals surface area contributed by atoms with Crippen LogP contribution in [0.25, 0.3) is 0 Å². The van der Waals surface area contributed by atoms with Crippen molar-refractivity contribution in [2.45, 2.75) is 6.92 Å². The number of hydrogen-bond acceptors (Lipinski definition) is 5. The largest absolute Gasteiger partial charge is 0.490 e. The van der Waals surface area contributed by atoms with Crippen molar-refractivity contribution < 1.29 is 14.3 Å². The molecule has 1 aromatic heterocycles. The summed E-state index contributed by atoms with van der Waals surface area (Å²) in [6.07, 6.45) is 0. The van der Waals surface area contributed by atoms with E-state index in [9.17, 15) is 4.79 Å². The fraction of sp³-hybridized carbons (Fsp3) is 0.200. The van der Waals surface area contributed by atoms with Gasteiger partial charge in [-0.25, -0.2) is 0 Å². The van der Waals surface area contributed by atoms with E-state index < -0.39 is 0 Å². The number of thiophene rings is 1. The molecule has 0 unspecified atom stereocenters. The van der Waals surface area contributed by atoms with Gasteiger partial charge in [-0.3, -0.25) is 4.79 Å². The molecule has 0 atom stereocenters. The Hall–Kier alpha value is -2.32. The third-order valence-electron chi connectivity index (χ3n) is 2.53. The molecule has 2 rings (SSSR count). The minimum absolute atomic E-state index is 0.0491. The van der Waals surface area contributed by atoms with Gasteiger partial charge in [0, 0.05) is 6.07 Å². The number of rotatable bonds is 6. The third kappa shape index (κ3) is 3.37. The molecular formula is C15H13NO3S. The number of nitriles is 1. The second-order valence-corrected chi connectivity index (χ2v) is 4.84.